The number of rotatable bonds is 3. The molecule has 92 valence electrons. The highest BCUT2D eigenvalue weighted by Crippen LogP contribution is 2.32. The topological polar surface area (TPSA) is 40.5 Å². The number of thioether (sulfide) groups is 1. The van der Waals surface area contributed by atoms with E-state index in [0.29, 0.717) is 12.3 Å². The molecule has 16 heavy (non-hydrogen) atoms. The molecule has 0 radical (unpaired) electrons. The Kier molecular flexibility index (Phi) is 4.14. The monoisotopic (exact) mass is 243 g/mol. The van der Waals surface area contributed by atoms with E-state index in [9.17, 15) is 4.79 Å². The van der Waals surface area contributed by atoms with Crippen molar-refractivity contribution >= 4 is 17.7 Å². The first-order valence-corrected chi connectivity index (χ1v) is 7.27. The van der Waals surface area contributed by atoms with Crippen molar-refractivity contribution in [2.45, 2.75) is 43.9 Å². The highest BCUT2D eigenvalue weighted by atomic mass is 32.2. The molecule has 1 N–H and O–H groups in total. The van der Waals surface area contributed by atoms with Gasteiger partial charge in [-0.2, -0.15) is 11.8 Å². The summed E-state index contributed by atoms with van der Waals surface area (Å²) in [7, 11) is 0. The van der Waals surface area contributed by atoms with Gasteiger partial charge in [0.2, 0.25) is 0 Å². The van der Waals surface area contributed by atoms with Gasteiger partial charge in [0.15, 0.2) is 0 Å². The quantitative estimate of drug-likeness (QED) is 0.824. The van der Waals surface area contributed by atoms with E-state index in [4.69, 9.17) is 5.11 Å². The third-order valence-corrected chi connectivity index (χ3v) is 5.14. The van der Waals surface area contributed by atoms with Gasteiger partial charge in [-0.1, -0.05) is 6.92 Å². The Morgan fingerprint density at radius 1 is 1.44 bits per heavy atom. The van der Waals surface area contributed by atoms with E-state index in [1.807, 2.05) is 0 Å². The molecule has 2 rings (SSSR count). The van der Waals surface area contributed by atoms with Gasteiger partial charge in [0.25, 0.3) is 0 Å². The number of carboxylic acid groups (broad SMARTS) is 1. The normalized spacial score (nSPS) is 33.1. The third-order valence-electron chi connectivity index (χ3n) is 3.81. The average molecular weight is 243 g/mol. The van der Waals surface area contributed by atoms with E-state index in [1.165, 1.54) is 12.2 Å². The Hall–Kier alpha value is -0.220. The largest absolute Gasteiger partial charge is 0.481 e. The van der Waals surface area contributed by atoms with Gasteiger partial charge in [-0.25, -0.2) is 0 Å². The van der Waals surface area contributed by atoms with Crippen LogP contribution in [-0.4, -0.2) is 46.1 Å². The minimum atomic E-state index is -0.636. The number of hydrogen-bond acceptors (Lipinski definition) is 3. The van der Waals surface area contributed by atoms with Gasteiger partial charge in [-0.15, -0.1) is 0 Å². The summed E-state index contributed by atoms with van der Waals surface area (Å²) in [5, 5.41) is 9.57. The lowest BCUT2D eigenvalue weighted by molar-refractivity contribution is -0.138. The third kappa shape index (κ3) is 3.14. The Morgan fingerprint density at radius 2 is 2.12 bits per heavy atom. The summed E-state index contributed by atoms with van der Waals surface area (Å²) in [6, 6.07) is 0.755. The molecular formula is C12H21NO2S. The molecule has 2 unspecified atom stereocenters. The van der Waals surface area contributed by atoms with E-state index in [1.54, 1.807) is 0 Å². The number of piperidine rings is 1. The maximum Gasteiger partial charge on any atom is 0.303 e. The Morgan fingerprint density at radius 3 is 2.62 bits per heavy atom. The highest BCUT2D eigenvalue weighted by molar-refractivity contribution is 8.00. The van der Waals surface area contributed by atoms with Crippen molar-refractivity contribution < 1.29 is 9.90 Å². The molecule has 0 amide bonds. The van der Waals surface area contributed by atoms with Gasteiger partial charge in [0.1, 0.15) is 0 Å². The van der Waals surface area contributed by atoms with Gasteiger partial charge in [0.05, 0.1) is 0 Å². The van der Waals surface area contributed by atoms with Gasteiger partial charge in [-0.05, 0) is 38.3 Å². The summed E-state index contributed by atoms with van der Waals surface area (Å²) in [6.07, 6.45) is 3.82. The fraction of sp³-hybridized carbons (Fsp3) is 0.917. The predicted molar refractivity (Wildman–Crippen MR) is 66.9 cm³/mol. The van der Waals surface area contributed by atoms with Crippen molar-refractivity contribution in [2.75, 3.05) is 18.8 Å². The van der Waals surface area contributed by atoms with Crippen molar-refractivity contribution in [3.63, 3.8) is 0 Å². The molecule has 0 aromatic rings. The molecule has 0 aromatic heterocycles. The minimum Gasteiger partial charge on any atom is -0.481 e. The van der Waals surface area contributed by atoms with E-state index in [2.05, 4.69) is 23.6 Å². The van der Waals surface area contributed by atoms with Gasteiger partial charge in [0, 0.05) is 23.5 Å². The number of carbonyl (C=O) groups is 1. The molecule has 0 aromatic carbocycles. The molecule has 2 atom stereocenters. The molecule has 2 fully saturated rings. The summed E-state index contributed by atoms with van der Waals surface area (Å²) >= 11 is 2.07. The summed E-state index contributed by atoms with van der Waals surface area (Å²) in [4.78, 5) is 13.2. The molecule has 4 heteroatoms. The zero-order valence-corrected chi connectivity index (χ0v) is 10.7. The van der Waals surface area contributed by atoms with Crippen LogP contribution in [0.1, 0.15) is 32.6 Å². The number of hydrogen-bond donors (Lipinski definition) is 1. The maximum atomic E-state index is 10.6. The van der Waals surface area contributed by atoms with Crippen molar-refractivity contribution in [2.24, 2.45) is 5.92 Å². The van der Waals surface area contributed by atoms with E-state index in [-0.39, 0.29) is 0 Å². The average Bonchev–Trinajstić information content (AvgIpc) is 2.65. The molecule has 0 spiro atoms. The molecule has 0 aliphatic carbocycles. The van der Waals surface area contributed by atoms with Crippen molar-refractivity contribution in [3.05, 3.63) is 0 Å². The first kappa shape index (κ1) is 12.2. The van der Waals surface area contributed by atoms with Gasteiger partial charge in [-0.3, -0.25) is 9.69 Å². The standard InChI is InChI=1S/C12H21NO2S/c1-9-6-11(8-16-9)13-4-2-10(3-5-13)7-12(14)15/h9-11H,2-8H2,1H3,(H,14,15). The van der Waals surface area contributed by atoms with E-state index < -0.39 is 5.97 Å². The van der Waals surface area contributed by atoms with Crippen LogP contribution in [0.5, 0.6) is 0 Å². The smallest absolute Gasteiger partial charge is 0.303 e. The van der Waals surface area contributed by atoms with Crippen LogP contribution in [0, 0.1) is 5.92 Å². The fourth-order valence-corrected chi connectivity index (χ4v) is 4.07. The van der Waals surface area contributed by atoms with Crippen LogP contribution in [-0.2, 0) is 4.79 Å². The second-order valence-electron chi connectivity index (χ2n) is 5.11. The van der Waals surface area contributed by atoms with Crippen LogP contribution in [0.25, 0.3) is 0 Å². The molecule has 3 nitrogen and oxygen atoms in total. The summed E-state index contributed by atoms with van der Waals surface area (Å²) in [5.41, 5.74) is 0. The molecule has 2 aliphatic rings. The lowest BCUT2D eigenvalue weighted by Gasteiger charge is -2.35. The molecule has 0 bridgehead atoms. The molecule has 2 heterocycles. The van der Waals surface area contributed by atoms with Crippen LogP contribution < -0.4 is 0 Å². The maximum absolute atomic E-state index is 10.6. The van der Waals surface area contributed by atoms with Crippen LogP contribution in [0.4, 0.5) is 0 Å². The predicted octanol–water partition coefficient (Wildman–Crippen LogP) is 2.07. The highest BCUT2D eigenvalue weighted by Gasteiger charge is 2.30. The lowest BCUT2D eigenvalue weighted by atomic mass is 9.92. The van der Waals surface area contributed by atoms with Crippen LogP contribution in [0.2, 0.25) is 0 Å². The van der Waals surface area contributed by atoms with E-state index in [0.717, 1.165) is 37.2 Å². The molecular weight excluding hydrogens is 222 g/mol. The number of carboxylic acids is 1. The summed E-state index contributed by atoms with van der Waals surface area (Å²) < 4.78 is 0. The fourth-order valence-electron chi connectivity index (χ4n) is 2.82. The molecule has 0 saturated carbocycles. The zero-order valence-electron chi connectivity index (χ0n) is 9.89. The zero-order chi connectivity index (χ0) is 11.5. The SMILES string of the molecule is CC1CC(N2CCC(CC(=O)O)CC2)CS1. The number of aliphatic carboxylic acids is 1. The Labute approximate surface area is 102 Å². The molecule has 2 aliphatic heterocycles. The van der Waals surface area contributed by atoms with Crippen molar-refractivity contribution in [1.82, 2.24) is 4.90 Å². The van der Waals surface area contributed by atoms with Gasteiger partial charge < -0.3 is 5.11 Å². The first-order chi connectivity index (χ1) is 7.65. The second-order valence-corrected chi connectivity index (χ2v) is 6.58. The Bertz CT molecular complexity index is 251. The van der Waals surface area contributed by atoms with Crippen molar-refractivity contribution in [1.29, 1.82) is 0 Å². The second kappa shape index (κ2) is 5.41. The van der Waals surface area contributed by atoms with Crippen LogP contribution in [0.3, 0.4) is 0 Å². The first-order valence-electron chi connectivity index (χ1n) is 6.22. The summed E-state index contributed by atoms with van der Waals surface area (Å²) in [5.74, 6) is 1.05. The number of nitrogens with zero attached hydrogens (tertiary/aromatic N) is 1. The van der Waals surface area contributed by atoms with Crippen LogP contribution >= 0.6 is 11.8 Å². The van der Waals surface area contributed by atoms with Crippen molar-refractivity contribution in [3.8, 4) is 0 Å². The number of likely N-dealkylation sites (tertiary alicyclic amines) is 1. The lowest BCUT2D eigenvalue weighted by Crippen LogP contribution is -2.42. The van der Waals surface area contributed by atoms with Gasteiger partial charge >= 0.3 is 5.97 Å². The summed E-state index contributed by atoms with van der Waals surface area (Å²) in [6.45, 7) is 4.52. The Balaban J connectivity index is 1.74. The minimum absolute atomic E-state index is 0.365. The molecule has 2 saturated heterocycles. The van der Waals surface area contributed by atoms with Crippen LogP contribution in [0.15, 0.2) is 0 Å². The van der Waals surface area contributed by atoms with E-state index >= 15 is 0 Å².